The third-order valence-corrected chi connectivity index (χ3v) is 5.70. The molecular formula is C22H22N2O4S. The summed E-state index contributed by atoms with van der Waals surface area (Å²) in [7, 11) is 1.60. The molecule has 1 aliphatic rings. The standard InChI is InChI=1S/C22H22N2O4S/c1-4-7-24-16-12-18-19(28-9-8-27-18)13-20(16)29-22(24)23-21(25)11-15-10-14(2)5-6-17(15)26-3/h4-6,10,12-13H,1,7-9,11H2,2-3H3. The van der Waals surface area contributed by atoms with Crippen molar-refractivity contribution in [1.82, 2.24) is 4.57 Å². The van der Waals surface area contributed by atoms with Crippen molar-refractivity contribution in [1.29, 1.82) is 0 Å². The van der Waals surface area contributed by atoms with Gasteiger partial charge in [0.25, 0.3) is 5.91 Å². The number of ether oxygens (including phenoxy) is 3. The number of amides is 1. The summed E-state index contributed by atoms with van der Waals surface area (Å²) in [4.78, 5) is 17.8. The van der Waals surface area contributed by atoms with Crippen molar-refractivity contribution in [2.75, 3.05) is 20.3 Å². The van der Waals surface area contributed by atoms with Gasteiger partial charge < -0.3 is 18.8 Å². The summed E-state index contributed by atoms with van der Waals surface area (Å²) in [5.74, 6) is 1.90. The monoisotopic (exact) mass is 410 g/mol. The Morgan fingerprint density at radius 2 is 2.03 bits per heavy atom. The van der Waals surface area contributed by atoms with E-state index in [1.54, 1.807) is 13.2 Å². The van der Waals surface area contributed by atoms with Gasteiger partial charge in [-0.15, -0.1) is 6.58 Å². The largest absolute Gasteiger partial charge is 0.496 e. The Labute approximate surface area is 172 Å². The predicted octanol–water partition coefficient (Wildman–Crippen LogP) is 3.65. The van der Waals surface area contributed by atoms with Gasteiger partial charge in [0.2, 0.25) is 0 Å². The molecule has 0 radical (unpaired) electrons. The maximum atomic E-state index is 12.7. The van der Waals surface area contributed by atoms with Crippen molar-refractivity contribution in [3.63, 3.8) is 0 Å². The summed E-state index contributed by atoms with van der Waals surface area (Å²) in [6.07, 6.45) is 1.96. The number of carbonyl (C=O) groups excluding carboxylic acids is 1. The molecule has 0 fully saturated rings. The van der Waals surface area contributed by atoms with Crippen LogP contribution in [0.25, 0.3) is 10.2 Å². The molecule has 0 unspecified atom stereocenters. The number of thiazole rings is 1. The quantitative estimate of drug-likeness (QED) is 0.603. The number of allylic oxidation sites excluding steroid dienone is 1. The lowest BCUT2D eigenvalue weighted by Gasteiger charge is -2.18. The Hall–Kier alpha value is -3.06. The van der Waals surface area contributed by atoms with E-state index in [1.165, 1.54) is 11.3 Å². The highest BCUT2D eigenvalue weighted by Crippen LogP contribution is 2.35. The number of rotatable bonds is 5. The van der Waals surface area contributed by atoms with Gasteiger partial charge in [0, 0.05) is 24.2 Å². The molecule has 4 rings (SSSR count). The Kier molecular flexibility index (Phi) is 5.40. The van der Waals surface area contributed by atoms with E-state index in [0.29, 0.717) is 36.1 Å². The molecule has 1 aromatic heterocycles. The minimum Gasteiger partial charge on any atom is -0.496 e. The molecule has 0 bridgehead atoms. The average molecular weight is 410 g/mol. The number of hydrogen-bond acceptors (Lipinski definition) is 5. The Balaban J connectivity index is 1.75. The minimum absolute atomic E-state index is 0.176. The minimum atomic E-state index is -0.226. The summed E-state index contributed by atoms with van der Waals surface area (Å²) in [5, 5.41) is 0. The Morgan fingerprint density at radius 1 is 1.28 bits per heavy atom. The molecule has 29 heavy (non-hydrogen) atoms. The topological polar surface area (TPSA) is 62.1 Å². The molecule has 6 nitrogen and oxygen atoms in total. The van der Waals surface area contributed by atoms with Gasteiger partial charge in [0.05, 0.1) is 23.7 Å². The molecule has 7 heteroatoms. The molecule has 1 amide bonds. The van der Waals surface area contributed by atoms with Crippen molar-refractivity contribution in [2.24, 2.45) is 4.99 Å². The van der Waals surface area contributed by atoms with Gasteiger partial charge in [0.15, 0.2) is 16.3 Å². The third-order valence-electron chi connectivity index (χ3n) is 4.66. The van der Waals surface area contributed by atoms with Gasteiger partial charge >= 0.3 is 0 Å². The third kappa shape index (κ3) is 3.91. The fraction of sp³-hybridized carbons (Fsp3) is 0.273. The fourth-order valence-corrected chi connectivity index (χ4v) is 4.42. The first kappa shape index (κ1) is 19.3. The van der Waals surface area contributed by atoms with Gasteiger partial charge in [-0.05, 0) is 13.0 Å². The van der Waals surface area contributed by atoms with Crippen LogP contribution in [-0.2, 0) is 17.8 Å². The number of aryl methyl sites for hydroxylation is 1. The van der Waals surface area contributed by atoms with Crippen LogP contribution in [0.1, 0.15) is 11.1 Å². The molecule has 1 aliphatic heterocycles. The first-order valence-corrected chi connectivity index (χ1v) is 10.2. The van der Waals surface area contributed by atoms with Crippen LogP contribution in [0, 0.1) is 6.92 Å². The van der Waals surface area contributed by atoms with Crippen LogP contribution in [-0.4, -0.2) is 30.8 Å². The molecule has 2 aromatic carbocycles. The van der Waals surface area contributed by atoms with Gasteiger partial charge in [-0.25, -0.2) is 0 Å². The SMILES string of the molecule is C=CCn1c(=NC(=O)Cc2cc(C)ccc2OC)sc2cc3c(cc21)OCCO3. The summed E-state index contributed by atoms with van der Waals surface area (Å²) >= 11 is 1.45. The van der Waals surface area contributed by atoms with Crippen LogP contribution in [0.15, 0.2) is 48.0 Å². The normalized spacial score (nSPS) is 13.5. The zero-order valence-electron chi connectivity index (χ0n) is 16.4. The molecule has 0 saturated heterocycles. The number of aromatic nitrogens is 1. The zero-order chi connectivity index (χ0) is 20.4. The summed E-state index contributed by atoms with van der Waals surface area (Å²) in [6.45, 7) is 7.42. The van der Waals surface area contributed by atoms with E-state index in [4.69, 9.17) is 14.2 Å². The van der Waals surface area contributed by atoms with Crippen LogP contribution in [0.5, 0.6) is 17.2 Å². The van der Waals surface area contributed by atoms with E-state index in [0.717, 1.165) is 27.1 Å². The molecule has 0 saturated carbocycles. The molecule has 0 atom stereocenters. The number of hydrogen-bond donors (Lipinski definition) is 0. The predicted molar refractivity (Wildman–Crippen MR) is 113 cm³/mol. The fourth-order valence-electron chi connectivity index (χ4n) is 3.35. The van der Waals surface area contributed by atoms with Crippen LogP contribution in [0.4, 0.5) is 0 Å². The highest BCUT2D eigenvalue weighted by molar-refractivity contribution is 7.16. The van der Waals surface area contributed by atoms with Crippen molar-refractivity contribution >= 4 is 27.5 Å². The zero-order valence-corrected chi connectivity index (χ0v) is 17.3. The summed E-state index contributed by atoms with van der Waals surface area (Å²) in [5.41, 5.74) is 2.84. The molecule has 0 aliphatic carbocycles. The molecule has 3 aromatic rings. The van der Waals surface area contributed by atoms with Crippen LogP contribution in [0.2, 0.25) is 0 Å². The lowest BCUT2D eigenvalue weighted by molar-refractivity contribution is -0.117. The smallest absolute Gasteiger partial charge is 0.252 e. The van der Waals surface area contributed by atoms with Gasteiger partial charge in [-0.3, -0.25) is 4.79 Å². The highest BCUT2D eigenvalue weighted by atomic mass is 32.1. The highest BCUT2D eigenvalue weighted by Gasteiger charge is 2.17. The first-order valence-electron chi connectivity index (χ1n) is 9.34. The van der Waals surface area contributed by atoms with Crippen LogP contribution >= 0.6 is 11.3 Å². The van der Waals surface area contributed by atoms with Crippen molar-refractivity contribution in [3.05, 3.63) is 58.9 Å². The van der Waals surface area contributed by atoms with E-state index >= 15 is 0 Å². The first-order chi connectivity index (χ1) is 14.1. The Bertz CT molecular complexity index is 1160. The summed E-state index contributed by atoms with van der Waals surface area (Å²) < 4.78 is 19.7. The van der Waals surface area contributed by atoms with Crippen LogP contribution in [0.3, 0.4) is 0 Å². The van der Waals surface area contributed by atoms with E-state index in [-0.39, 0.29) is 12.3 Å². The lowest BCUT2D eigenvalue weighted by atomic mass is 10.1. The second-order valence-electron chi connectivity index (χ2n) is 6.75. The molecular weight excluding hydrogens is 388 g/mol. The second-order valence-corrected chi connectivity index (χ2v) is 7.75. The summed E-state index contributed by atoms with van der Waals surface area (Å²) in [6, 6.07) is 9.68. The lowest BCUT2D eigenvalue weighted by Crippen LogP contribution is -2.17. The van der Waals surface area contributed by atoms with Crippen molar-refractivity contribution in [2.45, 2.75) is 19.9 Å². The van der Waals surface area contributed by atoms with Gasteiger partial charge in [0.1, 0.15) is 19.0 Å². The maximum absolute atomic E-state index is 12.7. The number of nitrogens with zero attached hydrogens (tertiary/aromatic N) is 2. The molecule has 150 valence electrons. The van der Waals surface area contributed by atoms with Gasteiger partial charge in [-0.2, -0.15) is 4.99 Å². The van der Waals surface area contributed by atoms with Gasteiger partial charge in [-0.1, -0.05) is 35.1 Å². The molecule has 2 heterocycles. The number of fused-ring (bicyclic) bond motifs is 2. The number of carbonyl (C=O) groups is 1. The van der Waals surface area contributed by atoms with Crippen molar-refractivity contribution in [3.8, 4) is 17.2 Å². The molecule has 0 spiro atoms. The number of benzene rings is 2. The van der Waals surface area contributed by atoms with Crippen LogP contribution < -0.4 is 19.0 Å². The van der Waals surface area contributed by atoms with E-state index < -0.39 is 0 Å². The van der Waals surface area contributed by atoms with E-state index in [9.17, 15) is 4.79 Å². The maximum Gasteiger partial charge on any atom is 0.252 e. The average Bonchev–Trinajstić information content (AvgIpc) is 3.02. The Morgan fingerprint density at radius 3 is 2.76 bits per heavy atom. The molecule has 0 N–H and O–H groups in total. The van der Waals surface area contributed by atoms with Crippen molar-refractivity contribution < 1.29 is 19.0 Å². The van der Waals surface area contributed by atoms with E-state index in [2.05, 4.69) is 11.6 Å². The second kappa shape index (κ2) is 8.13. The number of methoxy groups -OCH3 is 1. The van der Waals surface area contributed by atoms with E-state index in [1.807, 2.05) is 41.8 Å².